The van der Waals surface area contributed by atoms with E-state index in [1.165, 1.54) is 0 Å². The second-order valence-corrected chi connectivity index (χ2v) is 5.48. The first kappa shape index (κ1) is 15.0. The maximum Gasteiger partial charge on any atom is 0.276 e. The molecule has 1 aromatic heterocycles. The van der Waals surface area contributed by atoms with Gasteiger partial charge in [0.2, 0.25) is 0 Å². The largest absolute Gasteiger partial charge is 0.372 e. The number of nitrogens with one attached hydrogen (secondary N) is 2. The van der Waals surface area contributed by atoms with Gasteiger partial charge in [0, 0.05) is 11.5 Å². The Morgan fingerprint density at radius 1 is 1.20 bits per heavy atom. The lowest BCUT2D eigenvalue weighted by molar-refractivity contribution is 0.102. The Morgan fingerprint density at radius 3 is 2.35 bits per heavy atom. The molecule has 0 saturated heterocycles. The second-order valence-electron chi connectivity index (χ2n) is 3.75. The van der Waals surface area contributed by atoms with Crippen LogP contribution in [0.5, 0.6) is 0 Å². The summed E-state index contributed by atoms with van der Waals surface area (Å²) in [5.41, 5.74) is 0.500. The average molecular weight is 376 g/mol. The Balaban J connectivity index is 2.23. The van der Waals surface area contributed by atoms with Crippen LogP contribution in [0, 0.1) is 0 Å². The van der Waals surface area contributed by atoms with Crippen molar-refractivity contribution in [3.63, 3.8) is 0 Å². The first-order valence-corrected chi connectivity index (χ1v) is 7.03. The standard InChI is InChI=1S/C12H9BrCl2N4O/c1-16-10-3-2-9(18-19-10)12(20)17-11-7(14)4-6(13)5-8(11)15/h2-5H,1H3,(H,16,19)(H,17,20). The van der Waals surface area contributed by atoms with Crippen LogP contribution in [0.3, 0.4) is 0 Å². The summed E-state index contributed by atoms with van der Waals surface area (Å²) < 4.78 is 0.726. The summed E-state index contributed by atoms with van der Waals surface area (Å²) in [4.78, 5) is 12.0. The van der Waals surface area contributed by atoms with Crippen molar-refractivity contribution in [1.29, 1.82) is 0 Å². The number of benzene rings is 1. The van der Waals surface area contributed by atoms with E-state index in [0.717, 1.165) is 4.47 Å². The third kappa shape index (κ3) is 3.39. The summed E-state index contributed by atoms with van der Waals surface area (Å²) in [7, 11) is 1.71. The van der Waals surface area contributed by atoms with Gasteiger partial charge in [-0.2, -0.15) is 0 Å². The molecule has 2 rings (SSSR count). The summed E-state index contributed by atoms with van der Waals surface area (Å²) in [6, 6.07) is 6.47. The van der Waals surface area contributed by atoms with Gasteiger partial charge in [-0.1, -0.05) is 39.1 Å². The summed E-state index contributed by atoms with van der Waals surface area (Å²) in [5, 5.41) is 13.7. The van der Waals surface area contributed by atoms with E-state index in [1.54, 1.807) is 31.3 Å². The molecule has 1 aromatic carbocycles. The second kappa shape index (κ2) is 6.39. The summed E-state index contributed by atoms with van der Waals surface area (Å²) in [5.74, 6) is 0.132. The van der Waals surface area contributed by atoms with E-state index < -0.39 is 5.91 Å². The number of hydrogen-bond acceptors (Lipinski definition) is 4. The number of rotatable bonds is 3. The number of halogens is 3. The van der Waals surface area contributed by atoms with Crippen LogP contribution in [0.15, 0.2) is 28.7 Å². The van der Waals surface area contributed by atoms with Crippen LogP contribution >= 0.6 is 39.1 Å². The molecule has 0 aliphatic rings. The van der Waals surface area contributed by atoms with Gasteiger partial charge in [0.1, 0.15) is 5.82 Å². The van der Waals surface area contributed by atoms with Gasteiger partial charge in [-0.3, -0.25) is 4.79 Å². The molecule has 0 radical (unpaired) electrons. The molecule has 1 heterocycles. The molecular weight excluding hydrogens is 367 g/mol. The van der Waals surface area contributed by atoms with E-state index in [0.29, 0.717) is 21.6 Å². The number of aromatic nitrogens is 2. The van der Waals surface area contributed by atoms with Gasteiger partial charge in [-0.25, -0.2) is 0 Å². The minimum Gasteiger partial charge on any atom is -0.372 e. The number of carbonyl (C=O) groups excluding carboxylic acids is 1. The molecule has 0 saturated carbocycles. The van der Waals surface area contributed by atoms with Gasteiger partial charge < -0.3 is 10.6 Å². The first-order chi connectivity index (χ1) is 9.51. The van der Waals surface area contributed by atoms with Crippen molar-refractivity contribution in [2.75, 3.05) is 17.7 Å². The SMILES string of the molecule is CNc1ccc(C(=O)Nc2c(Cl)cc(Br)cc2Cl)nn1. The van der Waals surface area contributed by atoms with Crippen molar-refractivity contribution in [1.82, 2.24) is 10.2 Å². The number of carbonyl (C=O) groups is 1. The van der Waals surface area contributed by atoms with Crippen molar-refractivity contribution >= 4 is 56.5 Å². The highest BCUT2D eigenvalue weighted by atomic mass is 79.9. The van der Waals surface area contributed by atoms with Crippen LogP contribution in [-0.4, -0.2) is 23.2 Å². The van der Waals surface area contributed by atoms with Gasteiger partial charge in [0.15, 0.2) is 5.69 Å². The summed E-state index contributed by atoms with van der Waals surface area (Å²) in [6.45, 7) is 0. The lowest BCUT2D eigenvalue weighted by Crippen LogP contribution is -2.15. The molecule has 0 spiro atoms. The van der Waals surface area contributed by atoms with Crippen LogP contribution in [0.25, 0.3) is 0 Å². The zero-order chi connectivity index (χ0) is 14.7. The van der Waals surface area contributed by atoms with Gasteiger partial charge in [-0.05, 0) is 24.3 Å². The fourth-order valence-electron chi connectivity index (χ4n) is 1.43. The fraction of sp³-hybridized carbons (Fsp3) is 0.0833. The van der Waals surface area contributed by atoms with E-state index >= 15 is 0 Å². The predicted octanol–water partition coefficient (Wildman–Crippen LogP) is 3.84. The highest BCUT2D eigenvalue weighted by molar-refractivity contribution is 9.10. The molecule has 20 heavy (non-hydrogen) atoms. The highest BCUT2D eigenvalue weighted by Gasteiger charge is 2.14. The maximum absolute atomic E-state index is 12.0. The van der Waals surface area contributed by atoms with Crippen molar-refractivity contribution in [3.05, 3.63) is 44.5 Å². The van der Waals surface area contributed by atoms with Gasteiger partial charge >= 0.3 is 0 Å². The molecule has 0 unspecified atom stereocenters. The zero-order valence-electron chi connectivity index (χ0n) is 10.2. The van der Waals surface area contributed by atoms with Crippen molar-refractivity contribution in [2.45, 2.75) is 0 Å². The van der Waals surface area contributed by atoms with Crippen LogP contribution in [0.4, 0.5) is 11.5 Å². The summed E-state index contributed by atoms with van der Waals surface area (Å²) in [6.07, 6.45) is 0. The third-order valence-corrected chi connectivity index (χ3v) is 3.45. The van der Waals surface area contributed by atoms with E-state index in [9.17, 15) is 4.79 Å². The minimum absolute atomic E-state index is 0.166. The Kier molecular flexibility index (Phi) is 4.80. The van der Waals surface area contributed by atoms with Crippen LogP contribution < -0.4 is 10.6 Å². The van der Waals surface area contributed by atoms with E-state index in [4.69, 9.17) is 23.2 Å². The lowest BCUT2D eigenvalue weighted by Gasteiger charge is -2.09. The van der Waals surface area contributed by atoms with Gasteiger partial charge in [-0.15, -0.1) is 10.2 Å². The summed E-state index contributed by atoms with van der Waals surface area (Å²) >= 11 is 15.3. The quantitative estimate of drug-likeness (QED) is 0.855. The Bertz CT molecular complexity index is 625. The third-order valence-electron chi connectivity index (χ3n) is 2.40. The van der Waals surface area contributed by atoms with E-state index in [-0.39, 0.29) is 5.69 Å². The highest BCUT2D eigenvalue weighted by Crippen LogP contribution is 2.33. The average Bonchev–Trinajstić information content (AvgIpc) is 2.42. The molecule has 0 fully saturated rings. The van der Waals surface area contributed by atoms with Crippen molar-refractivity contribution in [3.8, 4) is 0 Å². The van der Waals surface area contributed by atoms with Crippen LogP contribution in [-0.2, 0) is 0 Å². The normalized spacial score (nSPS) is 10.2. The Labute approximate surface area is 133 Å². The molecule has 104 valence electrons. The molecule has 1 amide bonds. The predicted molar refractivity (Wildman–Crippen MR) is 83.7 cm³/mol. The minimum atomic E-state index is -0.439. The van der Waals surface area contributed by atoms with Crippen LogP contribution in [0.2, 0.25) is 10.0 Å². The zero-order valence-corrected chi connectivity index (χ0v) is 13.3. The molecule has 8 heteroatoms. The Morgan fingerprint density at radius 2 is 1.85 bits per heavy atom. The molecular formula is C12H9BrCl2N4O. The van der Waals surface area contributed by atoms with E-state index in [1.807, 2.05) is 0 Å². The van der Waals surface area contributed by atoms with Gasteiger partial charge in [0.25, 0.3) is 5.91 Å². The van der Waals surface area contributed by atoms with Crippen LogP contribution in [0.1, 0.15) is 10.5 Å². The topological polar surface area (TPSA) is 66.9 Å². The lowest BCUT2D eigenvalue weighted by atomic mass is 10.3. The number of anilines is 2. The molecule has 5 nitrogen and oxygen atoms in total. The maximum atomic E-state index is 12.0. The fourth-order valence-corrected chi connectivity index (χ4v) is 2.73. The molecule has 0 aliphatic heterocycles. The first-order valence-electron chi connectivity index (χ1n) is 5.48. The molecule has 0 atom stereocenters. The monoisotopic (exact) mass is 374 g/mol. The van der Waals surface area contributed by atoms with Crippen molar-refractivity contribution < 1.29 is 4.79 Å². The van der Waals surface area contributed by atoms with Crippen molar-refractivity contribution in [2.24, 2.45) is 0 Å². The molecule has 0 aliphatic carbocycles. The molecule has 0 bridgehead atoms. The van der Waals surface area contributed by atoms with E-state index in [2.05, 4.69) is 36.8 Å². The molecule has 2 aromatic rings. The molecule has 2 N–H and O–H groups in total. The number of amides is 1. The number of nitrogens with zero attached hydrogens (tertiary/aromatic N) is 2. The smallest absolute Gasteiger partial charge is 0.276 e. The van der Waals surface area contributed by atoms with Gasteiger partial charge in [0.05, 0.1) is 15.7 Å². The Hall–Kier alpha value is -1.37. The number of hydrogen-bond donors (Lipinski definition) is 2.